The number of amides is 3. The fourth-order valence-electron chi connectivity index (χ4n) is 4.91. The van der Waals surface area contributed by atoms with Crippen molar-refractivity contribution in [3.05, 3.63) is 0 Å². The number of carbonyl (C=O) groups excluding carboxylic acids is 2. The second-order valence-corrected chi connectivity index (χ2v) is 8.72. The van der Waals surface area contributed by atoms with Crippen molar-refractivity contribution in [3.63, 3.8) is 0 Å². The number of carbonyl (C=O) groups is 2. The van der Waals surface area contributed by atoms with E-state index in [9.17, 15) is 9.59 Å². The standard InChI is InChI=1S/C19H34N4O2/c1-14(2)12-21-8-10-22(11-9-21)13-23-17(24)19(20-18(23)25)15(3)6-5-7-16(19)4/h14-16H,5-13H2,1-4H3,(H,20,25). The zero-order valence-electron chi connectivity index (χ0n) is 16.3. The van der Waals surface area contributed by atoms with Gasteiger partial charge >= 0.3 is 6.03 Å². The summed E-state index contributed by atoms with van der Waals surface area (Å²) in [6.45, 7) is 14.1. The highest BCUT2D eigenvalue weighted by Crippen LogP contribution is 2.42. The monoisotopic (exact) mass is 350 g/mol. The minimum Gasteiger partial charge on any atom is -0.323 e. The van der Waals surface area contributed by atoms with Gasteiger partial charge in [-0.2, -0.15) is 0 Å². The van der Waals surface area contributed by atoms with E-state index in [2.05, 4.69) is 42.8 Å². The lowest BCUT2D eigenvalue weighted by Gasteiger charge is -2.42. The van der Waals surface area contributed by atoms with Crippen LogP contribution >= 0.6 is 0 Å². The van der Waals surface area contributed by atoms with Crippen LogP contribution < -0.4 is 5.32 Å². The van der Waals surface area contributed by atoms with Crippen LogP contribution in [0.25, 0.3) is 0 Å². The first-order chi connectivity index (χ1) is 11.8. The van der Waals surface area contributed by atoms with E-state index >= 15 is 0 Å². The molecule has 25 heavy (non-hydrogen) atoms. The van der Waals surface area contributed by atoms with Gasteiger partial charge in [-0.15, -0.1) is 0 Å². The van der Waals surface area contributed by atoms with Gasteiger partial charge in [-0.3, -0.25) is 9.69 Å². The Morgan fingerprint density at radius 1 is 1.04 bits per heavy atom. The summed E-state index contributed by atoms with van der Waals surface area (Å²) in [5, 5.41) is 3.09. The van der Waals surface area contributed by atoms with Crippen LogP contribution in [0.3, 0.4) is 0 Å². The normalized spacial score (nSPS) is 35.0. The molecular weight excluding hydrogens is 316 g/mol. The molecule has 0 aromatic carbocycles. The minimum atomic E-state index is -0.672. The van der Waals surface area contributed by atoms with Crippen molar-refractivity contribution in [1.82, 2.24) is 20.0 Å². The number of urea groups is 1. The molecule has 2 unspecified atom stereocenters. The van der Waals surface area contributed by atoms with Crippen LogP contribution in [0.15, 0.2) is 0 Å². The molecule has 1 N–H and O–H groups in total. The van der Waals surface area contributed by atoms with Crippen molar-refractivity contribution >= 4 is 11.9 Å². The first-order valence-corrected chi connectivity index (χ1v) is 9.93. The zero-order valence-corrected chi connectivity index (χ0v) is 16.3. The van der Waals surface area contributed by atoms with E-state index in [-0.39, 0.29) is 23.8 Å². The molecule has 1 aliphatic carbocycles. The summed E-state index contributed by atoms with van der Waals surface area (Å²) in [5.41, 5.74) is -0.672. The highest BCUT2D eigenvalue weighted by atomic mass is 16.2. The fourth-order valence-corrected chi connectivity index (χ4v) is 4.91. The molecule has 0 radical (unpaired) electrons. The molecule has 2 atom stereocenters. The van der Waals surface area contributed by atoms with E-state index in [1.54, 1.807) is 0 Å². The molecule has 3 fully saturated rings. The average molecular weight is 351 g/mol. The number of rotatable bonds is 4. The van der Waals surface area contributed by atoms with Crippen LogP contribution in [-0.4, -0.2) is 71.6 Å². The molecule has 3 aliphatic rings. The summed E-state index contributed by atoms with van der Waals surface area (Å²) >= 11 is 0. The SMILES string of the molecule is CC(C)CN1CCN(CN2C(=O)NC3(C2=O)C(C)CCCC3C)CC1. The summed E-state index contributed by atoms with van der Waals surface area (Å²) in [7, 11) is 0. The van der Waals surface area contributed by atoms with Gasteiger partial charge in [0.2, 0.25) is 0 Å². The number of imide groups is 1. The third-order valence-corrected chi connectivity index (χ3v) is 6.42. The second-order valence-electron chi connectivity index (χ2n) is 8.72. The lowest BCUT2D eigenvalue weighted by atomic mass is 9.67. The maximum Gasteiger partial charge on any atom is 0.326 e. The van der Waals surface area contributed by atoms with Gasteiger partial charge in [-0.1, -0.05) is 34.1 Å². The highest BCUT2D eigenvalue weighted by Gasteiger charge is 2.58. The molecule has 2 aliphatic heterocycles. The van der Waals surface area contributed by atoms with Crippen LogP contribution in [-0.2, 0) is 4.79 Å². The Hall–Kier alpha value is -1.14. The van der Waals surface area contributed by atoms with Gasteiger partial charge in [0.25, 0.3) is 5.91 Å². The molecule has 1 spiro atoms. The van der Waals surface area contributed by atoms with E-state index in [0.717, 1.165) is 52.0 Å². The largest absolute Gasteiger partial charge is 0.326 e. The summed E-state index contributed by atoms with van der Waals surface area (Å²) in [4.78, 5) is 32.0. The van der Waals surface area contributed by atoms with Crippen molar-refractivity contribution in [2.24, 2.45) is 17.8 Å². The van der Waals surface area contributed by atoms with Crippen molar-refractivity contribution in [2.75, 3.05) is 39.4 Å². The predicted octanol–water partition coefficient (Wildman–Crippen LogP) is 1.96. The molecule has 2 heterocycles. The molecule has 0 aromatic heterocycles. The quantitative estimate of drug-likeness (QED) is 0.788. The molecule has 6 heteroatoms. The maximum atomic E-state index is 13.2. The fraction of sp³-hybridized carbons (Fsp3) is 0.895. The van der Waals surface area contributed by atoms with E-state index in [4.69, 9.17) is 0 Å². The molecule has 2 saturated heterocycles. The molecule has 142 valence electrons. The van der Waals surface area contributed by atoms with Crippen molar-refractivity contribution in [3.8, 4) is 0 Å². The molecule has 3 amide bonds. The summed E-state index contributed by atoms with van der Waals surface area (Å²) < 4.78 is 0. The number of nitrogens with one attached hydrogen (secondary N) is 1. The summed E-state index contributed by atoms with van der Waals surface area (Å²) in [6, 6.07) is -0.199. The molecule has 0 bridgehead atoms. The van der Waals surface area contributed by atoms with Crippen LogP contribution in [0, 0.1) is 17.8 Å². The molecule has 0 aromatic rings. The Balaban J connectivity index is 1.62. The highest BCUT2D eigenvalue weighted by molar-refractivity contribution is 6.07. The lowest BCUT2D eigenvalue weighted by Crippen LogP contribution is -2.59. The van der Waals surface area contributed by atoms with Gasteiger partial charge in [0.1, 0.15) is 5.54 Å². The van der Waals surface area contributed by atoms with Crippen LogP contribution in [0.2, 0.25) is 0 Å². The Labute approximate surface area is 151 Å². The van der Waals surface area contributed by atoms with Gasteiger partial charge in [-0.25, -0.2) is 9.69 Å². The predicted molar refractivity (Wildman–Crippen MR) is 98.0 cm³/mol. The van der Waals surface area contributed by atoms with Crippen molar-refractivity contribution in [2.45, 2.75) is 52.5 Å². The number of hydrogen-bond donors (Lipinski definition) is 1. The van der Waals surface area contributed by atoms with E-state index < -0.39 is 5.54 Å². The lowest BCUT2D eigenvalue weighted by molar-refractivity contribution is -0.138. The second kappa shape index (κ2) is 7.23. The third kappa shape index (κ3) is 3.43. The van der Waals surface area contributed by atoms with Crippen LogP contribution in [0.5, 0.6) is 0 Å². The van der Waals surface area contributed by atoms with Gasteiger partial charge in [-0.05, 0) is 30.6 Å². The van der Waals surface area contributed by atoms with E-state index in [1.807, 2.05) is 0 Å². The minimum absolute atomic E-state index is 0.00168. The van der Waals surface area contributed by atoms with Crippen molar-refractivity contribution in [1.29, 1.82) is 0 Å². The smallest absolute Gasteiger partial charge is 0.323 e. The van der Waals surface area contributed by atoms with Crippen LogP contribution in [0.4, 0.5) is 4.79 Å². The number of nitrogens with zero attached hydrogens (tertiary/aromatic N) is 3. The Kier molecular flexibility index (Phi) is 5.40. The first kappa shape index (κ1) is 18.6. The average Bonchev–Trinajstić information content (AvgIpc) is 2.80. The van der Waals surface area contributed by atoms with Gasteiger partial charge in [0.15, 0.2) is 0 Å². The molecule has 1 saturated carbocycles. The molecule has 3 rings (SSSR count). The maximum absolute atomic E-state index is 13.2. The van der Waals surface area contributed by atoms with Gasteiger partial charge in [0, 0.05) is 32.7 Å². The molecule has 6 nitrogen and oxygen atoms in total. The van der Waals surface area contributed by atoms with E-state index in [0.29, 0.717) is 12.6 Å². The Bertz CT molecular complexity index is 504. The first-order valence-electron chi connectivity index (χ1n) is 9.93. The van der Waals surface area contributed by atoms with Crippen molar-refractivity contribution < 1.29 is 9.59 Å². The Morgan fingerprint density at radius 2 is 1.60 bits per heavy atom. The van der Waals surface area contributed by atoms with Gasteiger partial charge in [0.05, 0.1) is 6.67 Å². The number of piperazine rings is 1. The van der Waals surface area contributed by atoms with E-state index in [1.165, 1.54) is 4.90 Å². The Morgan fingerprint density at radius 3 is 2.16 bits per heavy atom. The number of hydrogen-bond acceptors (Lipinski definition) is 4. The summed E-state index contributed by atoms with van der Waals surface area (Å²) in [5.74, 6) is 1.09. The molecular formula is C19H34N4O2. The summed E-state index contributed by atoms with van der Waals surface area (Å²) in [6.07, 6.45) is 3.17. The topological polar surface area (TPSA) is 55.9 Å². The van der Waals surface area contributed by atoms with Gasteiger partial charge < -0.3 is 10.2 Å². The zero-order chi connectivity index (χ0) is 18.2. The third-order valence-electron chi connectivity index (χ3n) is 6.42. The van der Waals surface area contributed by atoms with Crippen LogP contribution in [0.1, 0.15) is 47.0 Å².